The normalized spacial score (nSPS) is 12.2. The van der Waals surface area contributed by atoms with Crippen LogP contribution in [0.4, 0.5) is 5.69 Å². The molecule has 5 nitrogen and oxygen atoms in total. The van der Waals surface area contributed by atoms with E-state index in [0.717, 1.165) is 0 Å². The highest BCUT2D eigenvalue weighted by Gasteiger charge is 2.12. The Labute approximate surface area is 87.4 Å². The molecule has 3 N–H and O–H groups in total. The molecule has 0 radical (unpaired) electrons. The zero-order chi connectivity index (χ0) is 11.4. The molecule has 5 heteroatoms. The van der Waals surface area contributed by atoms with Crippen LogP contribution in [-0.2, 0) is 9.47 Å². The van der Waals surface area contributed by atoms with Crippen molar-refractivity contribution in [3.05, 3.63) is 29.3 Å². The van der Waals surface area contributed by atoms with Crippen LogP contribution in [-0.4, -0.2) is 25.3 Å². The van der Waals surface area contributed by atoms with Gasteiger partial charge in [-0.15, -0.1) is 0 Å². The summed E-state index contributed by atoms with van der Waals surface area (Å²) in [5.74, 6) is -0.472. The summed E-state index contributed by atoms with van der Waals surface area (Å²) in [6.07, 6.45) is -1.09. The van der Waals surface area contributed by atoms with Gasteiger partial charge in [-0.3, -0.25) is 0 Å². The van der Waals surface area contributed by atoms with Crippen LogP contribution in [0.1, 0.15) is 22.2 Å². The van der Waals surface area contributed by atoms with Crippen molar-refractivity contribution in [3.8, 4) is 0 Å². The van der Waals surface area contributed by atoms with Gasteiger partial charge in [-0.05, 0) is 12.1 Å². The molecule has 1 rings (SSSR count). The molecule has 0 saturated carbocycles. The number of carbonyl (C=O) groups is 1. The molecule has 0 bridgehead atoms. The molecule has 0 aliphatic carbocycles. The van der Waals surface area contributed by atoms with E-state index in [9.17, 15) is 9.90 Å². The quantitative estimate of drug-likeness (QED) is 0.436. The van der Waals surface area contributed by atoms with Crippen LogP contribution in [0.5, 0.6) is 0 Å². The number of hydrogen-bond donors (Lipinski definition) is 2. The highest BCUT2D eigenvalue weighted by molar-refractivity contribution is 5.90. The zero-order valence-electron chi connectivity index (χ0n) is 8.56. The lowest BCUT2D eigenvalue weighted by molar-refractivity contribution is -0.0764. The number of carbonyl (C=O) groups excluding carboxylic acids is 1. The summed E-state index contributed by atoms with van der Waals surface area (Å²) in [6, 6.07) is 4.47. The molecule has 0 aromatic heterocycles. The van der Waals surface area contributed by atoms with Crippen molar-refractivity contribution in [1.82, 2.24) is 0 Å². The summed E-state index contributed by atoms with van der Waals surface area (Å²) < 4.78 is 9.23. The number of benzene rings is 1. The van der Waals surface area contributed by atoms with E-state index in [1.807, 2.05) is 0 Å². The van der Waals surface area contributed by atoms with Gasteiger partial charge < -0.3 is 20.3 Å². The number of methoxy groups -OCH3 is 2. The molecule has 0 saturated heterocycles. The van der Waals surface area contributed by atoms with Gasteiger partial charge in [-0.2, -0.15) is 0 Å². The molecule has 1 atom stereocenters. The minimum Gasteiger partial charge on any atom is -0.465 e. The SMILES string of the molecule is COC(=O)c1ccc(C(O)OC)c(N)c1. The molecule has 0 heterocycles. The summed E-state index contributed by atoms with van der Waals surface area (Å²) in [6.45, 7) is 0. The van der Waals surface area contributed by atoms with Crippen molar-refractivity contribution >= 4 is 11.7 Å². The molecule has 15 heavy (non-hydrogen) atoms. The number of ether oxygens (including phenoxy) is 2. The smallest absolute Gasteiger partial charge is 0.337 e. The van der Waals surface area contributed by atoms with Gasteiger partial charge in [0.1, 0.15) is 0 Å². The van der Waals surface area contributed by atoms with Crippen molar-refractivity contribution in [2.45, 2.75) is 6.29 Å². The molecular formula is C10H13NO4. The number of nitrogen functional groups attached to an aromatic ring is 1. The average molecular weight is 211 g/mol. The van der Waals surface area contributed by atoms with Crippen LogP contribution < -0.4 is 5.73 Å². The average Bonchev–Trinajstić information content (AvgIpc) is 2.26. The molecule has 0 aliphatic heterocycles. The summed E-state index contributed by atoms with van der Waals surface area (Å²) in [5, 5.41) is 9.38. The Hall–Kier alpha value is -1.59. The Balaban J connectivity index is 3.03. The van der Waals surface area contributed by atoms with Gasteiger partial charge in [0.25, 0.3) is 0 Å². The van der Waals surface area contributed by atoms with Crippen molar-refractivity contribution in [1.29, 1.82) is 0 Å². The fraction of sp³-hybridized carbons (Fsp3) is 0.300. The van der Waals surface area contributed by atoms with Crippen molar-refractivity contribution in [3.63, 3.8) is 0 Å². The van der Waals surface area contributed by atoms with Gasteiger partial charge in [-0.25, -0.2) is 4.79 Å². The number of aliphatic hydroxyl groups is 1. The highest BCUT2D eigenvalue weighted by Crippen LogP contribution is 2.22. The fourth-order valence-corrected chi connectivity index (χ4v) is 1.17. The van der Waals surface area contributed by atoms with E-state index in [4.69, 9.17) is 10.5 Å². The Bertz CT molecular complexity index is 364. The maximum absolute atomic E-state index is 11.1. The second kappa shape index (κ2) is 4.77. The van der Waals surface area contributed by atoms with E-state index in [1.54, 1.807) is 0 Å². The lowest BCUT2D eigenvalue weighted by Gasteiger charge is -2.12. The molecule has 0 spiro atoms. The summed E-state index contributed by atoms with van der Waals surface area (Å²) in [4.78, 5) is 11.1. The molecule has 1 unspecified atom stereocenters. The Kier molecular flexibility index (Phi) is 3.65. The first-order chi connectivity index (χ1) is 7.10. The van der Waals surface area contributed by atoms with Crippen molar-refractivity contribution < 1.29 is 19.4 Å². The third-order valence-corrected chi connectivity index (χ3v) is 2.00. The van der Waals surface area contributed by atoms with E-state index in [2.05, 4.69) is 4.74 Å². The van der Waals surface area contributed by atoms with Crippen LogP contribution >= 0.6 is 0 Å². The molecular weight excluding hydrogens is 198 g/mol. The van der Waals surface area contributed by atoms with E-state index in [-0.39, 0.29) is 5.69 Å². The maximum Gasteiger partial charge on any atom is 0.337 e. The van der Waals surface area contributed by atoms with Crippen molar-refractivity contribution in [2.75, 3.05) is 20.0 Å². The van der Waals surface area contributed by atoms with E-state index in [1.165, 1.54) is 32.4 Å². The van der Waals surface area contributed by atoms with Gasteiger partial charge in [0.2, 0.25) is 0 Å². The minimum absolute atomic E-state index is 0.284. The first kappa shape index (κ1) is 11.5. The topological polar surface area (TPSA) is 81.8 Å². The van der Waals surface area contributed by atoms with Gasteiger partial charge >= 0.3 is 5.97 Å². The molecule has 0 amide bonds. The third-order valence-electron chi connectivity index (χ3n) is 2.00. The number of anilines is 1. The predicted molar refractivity (Wildman–Crippen MR) is 54.2 cm³/mol. The van der Waals surface area contributed by atoms with Crippen LogP contribution in [0.15, 0.2) is 18.2 Å². The standard InChI is InChI=1S/C10H13NO4/c1-14-9(12)6-3-4-7(8(11)5-6)10(13)15-2/h3-5,10,13H,11H2,1-2H3. The molecule has 82 valence electrons. The second-order valence-electron chi connectivity index (χ2n) is 2.92. The summed E-state index contributed by atoms with van der Waals surface area (Å²) in [7, 11) is 2.65. The number of aliphatic hydroxyl groups excluding tert-OH is 1. The molecule has 1 aromatic rings. The Morgan fingerprint density at radius 1 is 1.47 bits per heavy atom. The minimum atomic E-state index is -1.09. The zero-order valence-corrected chi connectivity index (χ0v) is 8.56. The van der Waals surface area contributed by atoms with Gasteiger partial charge in [0, 0.05) is 18.4 Å². The third kappa shape index (κ3) is 2.45. The van der Waals surface area contributed by atoms with Crippen LogP contribution in [0, 0.1) is 0 Å². The predicted octanol–water partition coefficient (Wildman–Crippen LogP) is 0.693. The van der Waals surface area contributed by atoms with Crippen LogP contribution in [0.25, 0.3) is 0 Å². The number of rotatable bonds is 3. The molecule has 0 fully saturated rings. The monoisotopic (exact) mass is 211 g/mol. The number of hydrogen-bond acceptors (Lipinski definition) is 5. The van der Waals surface area contributed by atoms with Gasteiger partial charge in [0.05, 0.1) is 12.7 Å². The number of nitrogens with two attached hydrogens (primary N) is 1. The van der Waals surface area contributed by atoms with E-state index in [0.29, 0.717) is 11.1 Å². The Morgan fingerprint density at radius 2 is 2.13 bits per heavy atom. The Morgan fingerprint density at radius 3 is 2.60 bits per heavy atom. The first-order valence-corrected chi connectivity index (χ1v) is 4.28. The van der Waals surface area contributed by atoms with Crippen LogP contribution in [0.2, 0.25) is 0 Å². The van der Waals surface area contributed by atoms with Crippen molar-refractivity contribution in [2.24, 2.45) is 0 Å². The lowest BCUT2D eigenvalue weighted by Crippen LogP contribution is -2.07. The molecule has 1 aromatic carbocycles. The van der Waals surface area contributed by atoms with E-state index < -0.39 is 12.3 Å². The summed E-state index contributed by atoms with van der Waals surface area (Å²) >= 11 is 0. The van der Waals surface area contributed by atoms with E-state index >= 15 is 0 Å². The number of esters is 1. The summed E-state index contributed by atoms with van der Waals surface area (Å²) in [5.41, 5.74) is 6.68. The van der Waals surface area contributed by atoms with Gasteiger partial charge in [-0.1, -0.05) is 6.07 Å². The molecule has 0 aliphatic rings. The second-order valence-corrected chi connectivity index (χ2v) is 2.92. The van der Waals surface area contributed by atoms with Crippen LogP contribution in [0.3, 0.4) is 0 Å². The largest absolute Gasteiger partial charge is 0.465 e. The maximum atomic E-state index is 11.1. The lowest BCUT2D eigenvalue weighted by atomic mass is 10.1. The first-order valence-electron chi connectivity index (χ1n) is 4.28. The fourth-order valence-electron chi connectivity index (χ4n) is 1.17. The highest BCUT2D eigenvalue weighted by atomic mass is 16.6. The van der Waals surface area contributed by atoms with Gasteiger partial charge in [0.15, 0.2) is 6.29 Å².